The molecular formula is C22H31ClN5O2+. The van der Waals surface area contributed by atoms with Crippen LogP contribution < -0.4 is 4.90 Å². The van der Waals surface area contributed by atoms with Crippen LogP contribution in [0.5, 0.6) is 0 Å². The van der Waals surface area contributed by atoms with Crippen LogP contribution in [0.1, 0.15) is 26.3 Å². The van der Waals surface area contributed by atoms with E-state index in [9.17, 15) is 10.1 Å². The molecule has 2 rings (SSSR count). The molecule has 0 saturated carbocycles. The first-order valence-electron chi connectivity index (χ1n) is 10.3. The monoisotopic (exact) mass is 432 g/mol. The first kappa shape index (κ1) is 23.8. The third kappa shape index (κ3) is 6.00. The summed E-state index contributed by atoms with van der Waals surface area (Å²) in [6, 6.07) is 10.3. The van der Waals surface area contributed by atoms with Crippen molar-refractivity contribution in [3.63, 3.8) is 0 Å². The number of nitrogens with zero attached hydrogens (tertiary/aromatic N) is 5. The molecule has 0 spiro atoms. The van der Waals surface area contributed by atoms with Crippen LogP contribution in [0.2, 0.25) is 5.02 Å². The lowest BCUT2D eigenvalue weighted by atomic mass is 10.1. The van der Waals surface area contributed by atoms with Gasteiger partial charge in [0.05, 0.1) is 48.9 Å². The molecule has 30 heavy (non-hydrogen) atoms. The highest BCUT2D eigenvalue weighted by Gasteiger charge is 2.18. The van der Waals surface area contributed by atoms with Crippen molar-refractivity contribution in [3.05, 3.63) is 57.1 Å². The van der Waals surface area contributed by atoms with E-state index in [0.29, 0.717) is 5.69 Å². The zero-order valence-corrected chi connectivity index (χ0v) is 19.2. The Bertz CT molecular complexity index is 912. The van der Waals surface area contributed by atoms with E-state index in [1.54, 1.807) is 0 Å². The number of halogens is 1. The smallest absolute Gasteiger partial charge is 0.271 e. The Hall–Kier alpha value is -2.51. The Labute approximate surface area is 183 Å². The van der Waals surface area contributed by atoms with E-state index in [1.807, 2.05) is 13.0 Å². The second-order valence-corrected chi connectivity index (χ2v) is 8.03. The van der Waals surface area contributed by atoms with E-state index in [2.05, 4.69) is 55.1 Å². The lowest BCUT2D eigenvalue weighted by molar-refractivity contribution is -0.904. The zero-order chi connectivity index (χ0) is 22.3. The first-order valence-corrected chi connectivity index (χ1v) is 10.7. The number of aryl methyl sites for hydroxylation is 1. The van der Waals surface area contributed by atoms with Crippen molar-refractivity contribution in [2.45, 2.75) is 27.7 Å². The average molecular weight is 433 g/mol. The number of hydrogen-bond acceptors (Lipinski definition) is 5. The van der Waals surface area contributed by atoms with Gasteiger partial charge in [0.15, 0.2) is 0 Å². The highest BCUT2D eigenvalue weighted by atomic mass is 35.5. The average Bonchev–Trinajstić information content (AvgIpc) is 2.74. The summed E-state index contributed by atoms with van der Waals surface area (Å²) in [5.74, 6) is 0. The lowest BCUT2D eigenvalue weighted by Gasteiger charge is -2.35. The minimum absolute atomic E-state index is 0.0694. The fraction of sp³-hybridized carbons (Fsp3) is 0.455. The minimum atomic E-state index is -0.488. The van der Waals surface area contributed by atoms with E-state index >= 15 is 0 Å². The number of rotatable bonds is 10. The van der Waals surface area contributed by atoms with Crippen molar-refractivity contribution in [2.24, 2.45) is 10.2 Å². The number of azo groups is 1. The van der Waals surface area contributed by atoms with Crippen LogP contribution in [0.25, 0.3) is 0 Å². The van der Waals surface area contributed by atoms with E-state index in [0.717, 1.165) is 48.5 Å². The van der Waals surface area contributed by atoms with Gasteiger partial charge in [-0.25, -0.2) is 0 Å². The van der Waals surface area contributed by atoms with Gasteiger partial charge in [-0.3, -0.25) is 10.1 Å². The van der Waals surface area contributed by atoms with Crippen molar-refractivity contribution in [1.82, 2.24) is 0 Å². The Morgan fingerprint density at radius 2 is 1.70 bits per heavy atom. The molecule has 0 heterocycles. The van der Waals surface area contributed by atoms with Crippen LogP contribution in [0, 0.1) is 17.0 Å². The van der Waals surface area contributed by atoms with Crippen LogP contribution in [-0.2, 0) is 0 Å². The third-order valence-electron chi connectivity index (χ3n) is 5.77. The van der Waals surface area contributed by atoms with Gasteiger partial charge in [0.2, 0.25) is 0 Å². The molecule has 0 fully saturated rings. The molecule has 0 aliphatic rings. The van der Waals surface area contributed by atoms with Crippen molar-refractivity contribution in [3.8, 4) is 0 Å². The molecule has 0 radical (unpaired) electrons. The van der Waals surface area contributed by atoms with Gasteiger partial charge in [-0.2, -0.15) is 5.11 Å². The van der Waals surface area contributed by atoms with Gasteiger partial charge in [-0.05, 0) is 57.5 Å². The summed E-state index contributed by atoms with van der Waals surface area (Å²) in [6.07, 6.45) is 0. The highest BCUT2D eigenvalue weighted by molar-refractivity contribution is 6.33. The van der Waals surface area contributed by atoms with Gasteiger partial charge < -0.3 is 9.38 Å². The van der Waals surface area contributed by atoms with Gasteiger partial charge in [0.1, 0.15) is 5.69 Å². The maximum atomic E-state index is 10.8. The lowest BCUT2D eigenvalue weighted by Crippen LogP contribution is -2.48. The number of anilines is 1. The summed E-state index contributed by atoms with van der Waals surface area (Å²) >= 11 is 6.09. The molecule has 2 aromatic carbocycles. The summed E-state index contributed by atoms with van der Waals surface area (Å²) in [4.78, 5) is 12.7. The summed E-state index contributed by atoms with van der Waals surface area (Å²) in [6.45, 7) is 13.9. The van der Waals surface area contributed by atoms with Gasteiger partial charge in [0.25, 0.3) is 5.69 Å². The predicted octanol–water partition coefficient (Wildman–Crippen LogP) is 6.28. The molecule has 0 saturated heterocycles. The molecule has 0 amide bonds. The fourth-order valence-electron chi connectivity index (χ4n) is 3.12. The molecule has 162 valence electrons. The van der Waals surface area contributed by atoms with Crippen molar-refractivity contribution in [1.29, 1.82) is 0 Å². The first-order chi connectivity index (χ1) is 14.2. The maximum absolute atomic E-state index is 10.8. The number of benzene rings is 2. The van der Waals surface area contributed by atoms with Crippen molar-refractivity contribution in [2.75, 3.05) is 44.7 Å². The molecule has 0 unspecified atom stereocenters. The molecule has 2 aromatic rings. The van der Waals surface area contributed by atoms with Gasteiger partial charge in [-0.15, -0.1) is 5.11 Å². The summed E-state index contributed by atoms with van der Waals surface area (Å²) in [7, 11) is 2.30. The SMILES string of the molecule is CCN(CC[N+](C)(CC)CC)c1ccc(N=Nc2ccc([N+](=O)[O-])cc2Cl)c(C)c1. The van der Waals surface area contributed by atoms with E-state index < -0.39 is 4.92 Å². The normalized spacial score (nSPS) is 11.8. The molecule has 0 atom stereocenters. The van der Waals surface area contributed by atoms with Gasteiger partial charge >= 0.3 is 0 Å². The van der Waals surface area contributed by atoms with Crippen LogP contribution in [0.4, 0.5) is 22.7 Å². The predicted molar refractivity (Wildman–Crippen MR) is 123 cm³/mol. The summed E-state index contributed by atoms with van der Waals surface area (Å²) in [5.41, 5.74) is 3.25. The standard InChI is InChI=1S/C22H31ClN5O2/c1-6-26(13-14-28(5,7-2)8-3)18-9-11-21(17(4)15-18)24-25-22-12-10-19(27(29)30)16-20(22)23/h9-12,15-16H,6-8,13-14H2,1-5H3/q+1. The summed E-state index contributed by atoms with van der Waals surface area (Å²) < 4.78 is 1.05. The van der Waals surface area contributed by atoms with Crippen LogP contribution >= 0.6 is 11.6 Å². The molecule has 0 aliphatic carbocycles. The number of nitro groups is 1. The Morgan fingerprint density at radius 1 is 1.07 bits per heavy atom. The molecule has 0 N–H and O–H groups in total. The third-order valence-corrected chi connectivity index (χ3v) is 6.07. The Kier molecular flexibility index (Phi) is 8.32. The molecular weight excluding hydrogens is 402 g/mol. The number of hydrogen-bond donors (Lipinski definition) is 0. The molecule has 8 heteroatoms. The largest absolute Gasteiger partial charge is 0.366 e. The Morgan fingerprint density at radius 3 is 2.23 bits per heavy atom. The van der Waals surface area contributed by atoms with E-state index in [-0.39, 0.29) is 10.7 Å². The fourth-order valence-corrected chi connectivity index (χ4v) is 3.33. The number of non-ortho nitro benzene ring substituents is 1. The van der Waals surface area contributed by atoms with Crippen LogP contribution in [-0.4, -0.2) is 49.2 Å². The summed E-state index contributed by atoms with van der Waals surface area (Å²) in [5, 5.41) is 19.5. The van der Waals surface area contributed by atoms with Gasteiger partial charge in [-0.1, -0.05) is 11.6 Å². The second kappa shape index (κ2) is 10.5. The van der Waals surface area contributed by atoms with E-state index in [4.69, 9.17) is 11.6 Å². The second-order valence-electron chi connectivity index (χ2n) is 7.62. The van der Waals surface area contributed by atoms with Crippen LogP contribution in [0.15, 0.2) is 46.6 Å². The van der Waals surface area contributed by atoms with E-state index in [1.165, 1.54) is 23.9 Å². The zero-order valence-electron chi connectivity index (χ0n) is 18.4. The van der Waals surface area contributed by atoms with Crippen molar-refractivity contribution >= 4 is 34.4 Å². The number of likely N-dealkylation sites (N-methyl/N-ethyl adjacent to an activating group) is 2. The number of nitro benzene ring substituents is 1. The highest BCUT2D eigenvalue weighted by Crippen LogP contribution is 2.32. The Balaban J connectivity index is 2.16. The van der Waals surface area contributed by atoms with Crippen LogP contribution in [0.3, 0.4) is 0 Å². The van der Waals surface area contributed by atoms with Crippen molar-refractivity contribution < 1.29 is 9.41 Å². The quantitative estimate of drug-likeness (QED) is 0.192. The minimum Gasteiger partial charge on any atom is -0.366 e. The molecule has 0 aliphatic heterocycles. The molecule has 0 aromatic heterocycles. The topological polar surface area (TPSA) is 71.1 Å². The molecule has 7 nitrogen and oxygen atoms in total. The molecule has 0 bridgehead atoms. The number of quaternary nitrogens is 1. The van der Waals surface area contributed by atoms with Gasteiger partial charge in [0, 0.05) is 24.4 Å². The maximum Gasteiger partial charge on any atom is 0.271 e.